The number of benzene rings is 4. The van der Waals surface area contributed by atoms with Crippen molar-refractivity contribution < 1.29 is 32.2 Å². The molecule has 6 rings (SSSR count). The van der Waals surface area contributed by atoms with Gasteiger partial charge in [-0.25, -0.2) is 22.4 Å². The van der Waals surface area contributed by atoms with Gasteiger partial charge in [0, 0.05) is 30.9 Å². The molecule has 2 N–H and O–H groups in total. The van der Waals surface area contributed by atoms with E-state index in [1.165, 1.54) is 10.4 Å². The summed E-state index contributed by atoms with van der Waals surface area (Å²) < 4.78 is 51.0. The molecule has 0 unspecified atom stereocenters. The molecule has 1 saturated carbocycles. The van der Waals surface area contributed by atoms with Crippen LogP contribution in [0.5, 0.6) is 0 Å². The number of aromatic carboxylic acids is 1. The molecule has 9 nitrogen and oxygen atoms in total. The largest absolute Gasteiger partial charge is 0.478 e. The predicted molar refractivity (Wildman–Crippen MR) is 183 cm³/mol. The maximum atomic E-state index is 15.7. The van der Waals surface area contributed by atoms with Gasteiger partial charge in [-0.1, -0.05) is 79.4 Å². The van der Waals surface area contributed by atoms with E-state index in [0.717, 1.165) is 49.9 Å². The van der Waals surface area contributed by atoms with Crippen LogP contribution in [0.2, 0.25) is 5.02 Å². The number of carboxylic acid groups (broad SMARTS) is 1. The van der Waals surface area contributed by atoms with Crippen LogP contribution in [-0.4, -0.2) is 49.5 Å². The van der Waals surface area contributed by atoms with Crippen LogP contribution in [0.3, 0.4) is 0 Å². The minimum Gasteiger partial charge on any atom is -0.478 e. The fourth-order valence-electron chi connectivity index (χ4n) is 6.65. The molecule has 1 heterocycles. The third-order valence-electron chi connectivity index (χ3n) is 9.17. The third kappa shape index (κ3) is 6.76. The summed E-state index contributed by atoms with van der Waals surface area (Å²) in [6.07, 6.45) is 4.00. The summed E-state index contributed by atoms with van der Waals surface area (Å²) in [6.45, 7) is 0.301. The molecule has 4 aromatic rings. The predicted octanol–water partition coefficient (Wildman–Crippen LogP) is 8.31. The van der Waals surface area contributed by atoms with E-state index in [2.05, 4.69) is 5.32 Å². The van der Waals surface area contributed by atoms with Crippen molar-refractivity contribution in [2.24, 2.45) is 5.92 Å². The van der Waals surface area contributed by atoms with Crippen LogP contribution in [0.25, 0.3) is 11.1 Å². The maximum Gasteiger partial charge on any atom is 0.412 e. The number of sulfonamides is 1. The summed E-state index contributed by atoms with van der Waals surface area (Å²) >= 11 is 6.83. The third-order valence-corrected chi connectivity index (χ3v) is 11.4. The van der Waals surface area contributed by atoms with Crippen molar-refractivity contribution in [2.45, 2.75) is 49.6 Å². The highest BCUT2D eigenvalue weighted by atomic mass is 35.5. The van der Waals surface area contributed by atoms with E-state index in [4.69, 9.17) is 16.3 Å². The summed E-state index contributed by atoms with van der Waals surface area (Å²) in [7, 11) is -2.49. The van der Waals surface area contributed by atoms with Crippen LogP contribution in [0.4, 0.5) is 26.2 Å². The highest BCUT2D eigenvalue weighted by molar-refractivity contribution is 7.89. The van der Waals surface area contributed by atoms with E-state index in [0.29, 0.717) is 17.8 Å². The molecule has 12 heteroatoms. The van der Waals surface area contributed by atoms with Crippen LogP contribution >= 0.6 is 11.6 Å². The molecule has 0 radical (unpaired) electrons. The van der Waals surface area contributed by atoms with E-state index in [1.54, 1.807) is 43.4 Å². The number of nitrogens with one attached hydrogen (secondary N) is 1. The smallest absolute Gasteiger partial charge is 0.412 e. The van der Waals surface area contributed by atoms with Crippen LogP contribution in [-0.2, 0) is 21.4 Å². The summed E-state index contributed by atoms with van der Waals surface area (Å²) in [5.41, 5.74) is 0.857. The Labute approximate surface area is 284 Å². The fourth-order valence-corrected chi connectivity index (χ4v) is 8.52. The lowest BCUT2D eigenvalue weighted by Gasteiger charge is -2.36. The van der Waals surface area contributed by atoms with Gasteiger partial charge >= 0.3 is 12.1 Å². The van der Waals surface area contributed by atoms with Gasteiger partial charge in [0.25, 0.3) is 0 Å². The Morgan fingerprint density at radius 1 is 0.979 bits per heavy atom. The molecule has 0 spiro atoms. The summed E-state index contributed by atoms with van der Waals surface area (Å²) in [5, 5.41) is 12.3. The molecule has 0 saturated heterocycles. The number of carbonyl (C=O) groups is 2. The van der Waals surface area contributed by atoms with Gasteiger partial charge in [-0.3, -0.25) is 5.32 Å². The summed E-state index contributed by atoms with van der Waals surface area (Å²) in [6, 6.07) is 23.1. The first kappa shape index (κ1) is 33.5. The second-order valence-corrected chi connectivity index (χ2v) is 14.5. The molecule has 1 amide bonds. The first-order chi connectivity index (χ1) is 23.0. The number of hydrogen-bond donors (Lipinski definition) is 2. The second-order valence-electron chi connectivity index (χ2n) is 12.1. The van der Waals surface area contributed by atoms with Gasteiger partial charge in [0.15, 0.2) is 0 Å². The summed E-state index contributed by atoms with van der Waals surface area (Å²) in [5.74, 6) is -2.41. The molecule has 48 heavy (non-hydrogen) atoms. The number of ether oxygens (including phenoxy) is 1. The Kier molecular flexibility index (Phi) is 9.73. The number of amides is 1. The molecule has 4 aromatic carbocycles. The number of rotatable bonds is 7. The number of para-hydroxylation sites is 1. The number of nitrogens with zero attached hydrogens (tertiary/aromatic N) is 2. The minimum atomic E-state index is -4.08. The van der Waals surface area contributed by atoms with Crippen LogP contribution in [0, 0.1) is 11.7 Å². The zero-order chi connectivity index (χ0) is 34.0. The number of carbonyl (C=O) groups excluding carboxylic acids is 1. The van der Waals surface area contributed by atoms with Crippen LogP contribution in [0.1, 0.15) is 48.0 Å². The highest BCUT2D eigenvalue weighted by Crippen LogP contribution is 2.45. The number of halogens is 2. The van der Waals surface area contributed by atoms with Crippen molar-refractivity contribution in [3.8, 4) is 11.1 Å². The van der Waals surface area contributed by atoms with Crippen LogP contribution < -0.4 is 10.2 Å². The van der Waals surface area contributed by atoms with Crippen molar-refractivity contribution in [1.29, 1.82) is 0 Å². The van der Waals surface area contributed by atoms with Gasteiger partial charge in [-0.05, 0) is 66.3 Å². The van der Waals surface area contributed by atoms with Crippen molar-refractivity contribution in [3.05, 3.63) is 107 Å². The molecule has 250 valence electrons. The molecule has 1 aliphatic carbocycles. The zero-order valence-electron chi connectivity index (χ0n) is 26.2. The molecule has 1 fully saturated rings. The molecular weight excluding hydrogens is 657 g/mol. The number of hydrogen-bond acceptors (Lipinski definition) is 6. The van der Waals surface area contributed by atoms with E-state index in [1.807, 2.05) is 35.2 Å². The second kappa shape index (κ2) is 14.0. The SMILES string of the molecule is CN1[C@H](C2CCCCC2)CN(c2ccccc2)c2cc(Cl)c(-c3cc(F)c(NC(=O)OCc4ccccc4)c(C(=O)O)c3)cc2S1(=O)=O. The highest BCUT2D eigenvalue weighted by Gasteiger charge is 2.41. The lowest BCUT2D eigenvalue weighted by atomic mass is 9.83. The lowest BCUT2D eigenvalue weighted by Crippen LogP contribution is -2.46. The molecule has 1 atom stereocenters. The van der Waals surface area contributed by atoms with Crippen molar-refractivity contribution in [1.82, 2.24) is 4.31 Å². The Balaban J connectivity index is 1.41. The summed E-state index contributed by atoms with van der Waals surface area (Å²) in [4.78, 5) is 26.8. The monoisotopic (exact) mass is 691 g/mol. The Morgan fingerprint density at radius 3 is 2.31 bits per heavy atom. The average molecular weight is 692 g/mol. The average Bonchev–Trinajstić information content (AvgIpc) is 3.17. The number of carboxylic acids is 1. The molecule has 2 aliphatic rings. The number of fused-ring (bicyclic) bond motifs is 1. The lowest BCUT2D eigenvalue weighted by molar-refractivity contribution is 0.0697. The number of anilines is 3. The fraction of sp³-hybridized carbons (Fsp3) is 0.278. The number of likely N-dealkylation sites (N-methyl/N-ethyl adjacent to an activating group) is 1. The van der Waals surface area contributed by atoms with Crippen LogP contribution in [0.15, 0.2) is 89.8 Å². The van der Waals surface area contributed by atoms with Crippen molar-refractivity contribution in [3.63, 3.8) is 0 Å². The van der Waals surface area contributed by atoms with Gasteiger partial charge in [0.1, 0.15) is 17.3 Å². The normalized spacial score (nSPS) is 18.1. The Hall–Kier alpha value is -4.45. The van der Waals surface area contributed by atoms with Gasteiger partial charge in [-0.2, -0.15) is 4.31 Å². The molecule has 1 aliphatic heterocycles. The first-order valence-corrected chi connectivity index (χ1v) is 17.6. The molecule has 0 aromatic heterocycles. The quantitative estimate of drug-likeness (QED) is 0.200. The molecule has 0 bridgehead atoms. The van der Waals surface area contributed by atoms with Crippen molar-refractivity contribution in [2.75, 3.05) is 23.8 Å². The van der Waals surface area contributed by atoms with E-state index in [-0.39, 0.29) is 39.6 Å². The van der Waals surface area contributed by atoms with E-state index < -0.39 is 39.2 Å². The Bertz CT molecular complexity index is 1940. The van der Waals surface area contributed by atoms with E-state index >= 15 is 4.39 Å². The maximum absolute atomic E-state index is 15.7. The minimum absolute atomic E-state index is 0.0260. The van der Waals surface area contributed by atoms with Gasteiger partial charge < -0.3 is 14.7 Å². The zero-order valence-corrected chi connectivity index (χ0v) is 27.8. The van der Waals surface area contributed by atoms with Gasteiger partial charge in [0.2, 0.25) is 10.0 Å². The standard InChI is InChI=1S/C36H35ClFN3O6S/c1-40-32(24-13-7-3-8-14-24)21-41(26-15-9-4-10-16-26)31-20-29(37)27(19-33(31)48(40,45)46)25-17-28(35(42)43)34(30(38)18-25)39-36(44)47-22-23-11-5-2-6-12-23/h2,4-6,9-12,15-20,24,32H,3,7-8,13-14,21-22H2,1H3,(H,39,44)(H,42,43)/t32-/m0/s1. The van der Waals surface area contributed by atoms with Crippen molar-refractivity contribution >= 4 is 50.7 Å². The van der Waals surface area contributed by atoms with Gasteiger partial charge in [-0.15, -0.1) is 0 Å². The first-order valence-electron chi connectivity index (χ1n) is 15.7. The van der Waals surface area contributed by atoms with Gasteiger partial charge in [0.05, 0.1) is 22.0 Å². The molecular formula is C36H35ClFN3O6S. The Morgan fingerprint density at radius 2 is 1.65 bits per heavy atom. The van der Waals surface area contributed by atoms with E-state index in [9.17, 15) is 23.1 Å². The topological polar surface area (TPSA) is 116 Å².